The molecule has 0 N–H and O–H groups in total. The predicted molar refractivity (Wildman–Crippen MR) is 99.8 cm³/mol. The largest absolute Gasteiger partial charge is 0.426 e. The quantitative estimate of drug-likeness (QED) is 0.512. The van der Waals surface area contributed by atoms with Gasteiger partial charge in [-0.05, 0) is 54.3 Å². The fourth-order valence-electron chi connectivity index (χ4n) is 5.45. The first kappa shape index (κ1) is 18.7. The molecule has 140 valence electrons. The van der Waals surface area contributed by atoms with Gasteiger partial charge in [0.15, 0.2) is 0 Å². The molecule has 1 heterocycles. The minimum Gasteiger partial charge on any atom is -0.426 e. The van der Waals surface area contributed by atoms with Crippen LogP contribution < -0.4 is 0 Å². The van der Waals surface area contributed by atoms with Gasteiger partial charge in [0.25, 0.3) is 0 Å². The molecule has 3 heteroatoms. The van der Waals surface area contributed by atoms with Crippen LogP contribution in [0.1, 0.15) is 60.3 Å². The van der Waals surface area contributed by atoms with Crippen LogP contribution in [0.2, 0.25) is 0 Å². The van der Waals surface area contributed by atoms with Crippen LogP contribution in [0.3, 0.4) is 0 Å². The number of hydrogen-bond donors (Lipinski definition) is 0. The van der Waals surface area contributed by atoms with Crippen molar-refractivity contribution in [3.8, 4) is 0 Å². The molecule has 0 aromatic carbocycles. The van der Waals surface area contributed by atoms with Gasteiger partial charge in [0.2, 0.25) is 5.79 Å². The van der Waals surface area contributed by atoms with Crippen molar-refractivity contribution >= 4 is 5.97 Å². The zero-order chi connectivity index (χ0) is 18.4. The van der Waals surface area contributed by atoms with Gasteiger partial charge in [-0.25, -0.2) is 4.79 Å². The number of hydrogen-bond acceptors (Lipinski definition) is 3. The van der Waals surface area contributed by atoms with E-state index in [1.165, 1.54) is 6.42 Å². The molecule has 0 saturated heterocycles. The van der Waals surface area contributed by atoms with E-state index in [4.69, 9.17) is 9.47 Å². The molecule has 3 rings (SSSR count). The monoisotopic (exact) mass is 346 g/mol. The molecule has 0 bridgehead atoms. The Balaban J connectivity index is 1.81. The molecule has 0 unspecified atom stereocenters. The molecular weight excluding hydrogens is 312 g/mol. The molecule has 0 spiro atoms. The smallest absolute Gasteiger partial charge is 0.333 e. The van der Waals surface area contributed by atoms with Crippen molar-refractivity contribution in [2.24, 2.45) is 35.0 Å². The Morgan fingerprint density at radius 3 is 2.56 bits per heavy atom. The first-order valence-corrected chi connectivity index (χ1v) is 9.92. The highest BCUT2D eigenvalue weighted by Crippen LogP contribution is 2.63. The Morgan fingerprint density at radius 1 is 1.20 bits per heavy atom. The maximum Gasteiger partial charge on any atom is 0.333 e. The maximum atomic E-state index is 11.9. The molecule has 3 nitrogen and oxygen atoms in total. The molecule has 2 saturated carbocycles. The van der Waals surface area contributed by atoms with Gasteiger partial charge >= 0.3 is 5.97 Å². The van der Waals surface area contributed by atoms with Gasteiger partial charge in [-0.1, -0.05) is 46.8 Å². The fourth-order valence-corrected chi connectivity index (χ4v) is 5.45. The summed E-state index contributed by atoms with van der Waals surface area (Å²) in [5.74, 6) is 1.90. The van der Waals surface area contributed by atoms with Gasteiger partial charge in [0.05, 0.1) is 0 Å². The third kappa shape index (κ3) is 2.99. The summed E-state index contributed by atoms with van der Waals surface area (Å²) in [6, 6.07) is 0. The van der Waals surface area contributed by atoms with Crippen molar-refractivity contribution in [1.29, 1.82) is 0 Å². The summed E-state index contributed by atoms with van der Waals surface area (Å²) >= 11 is 0. The highest BCUT2D eigenvalue weighted by Gasteiger charge is 2.60. The SMILES string of the molecule is CO[C@]12CC[C@@]3(C)[C@H](CC[C@@H]3[C@H](C)/C=C/[C@H](C)C(C)C)C1=CC(=O)O2. The summed E-state index contributed by atoms with van der Waals surface area (Å²) in [5, 5.41) is 0. The van der Waals surface area contributed by atoms with Crippen molar-refractivity contribution in [3.05, 3.63) is 23.8 Å². The first-order valence-electron chi connectivity index (χ1n) is 9.92. The van der Waals surface area contributed by atoms with E-state index < -0.39 is 5.79 Å². The Bertz CT molecular complexity index is 590. The second-order valence-electron chi connectivity index (χ2n) is 9.07. The highest BCUT2D eigenvalue weighted by atomic mass is 16.7. The van der Waals surface area contributed by atoms with Gasteiger partial charge in [0.1, 0.15) is 0 Å². The minimum atomic E-state index is -0.776. The summed E-state index contributed by atoms with van der Waals surface area (Å²) in [6.07, 6.45) is 10.7. The lowest BCUT2D eigenvalue weighted by molar-refractivity contribution is -0.208. The third-order valence-corrected chi connectivity index (χ3v) is 7.49. The normalized spacial score (nSPS) is 40.0. The van der Waals surface area contributed by atoms with Crippen LogP contribution in [0.4, 0.5) is 0 Å². The summed E-state index contributed by atoms with van der Waals surface area (Å²) in [5.41, 5.74) is 1.33. The van der Waals surface area contributed by atoms with Gasteiger partial charge in [0, 0.05) is 25.2 Å². The molecule has 2 aliphatic carbocycles. The Labute approximate surface area is 152 Å². The van der Waals surface area contributed by atoms with Crippen LogP contribution in [-0.4, -0.2) is 18.9 Å². The van der Waals surface area contributed by atoms with Crippen LogP contribution in [0.5, 0.6) is 0 Å². The topological polar surface area (TPSA) is 35.5 Å². The second-order valence-corrected chi connectivity index (χ2v) is 9.07. The summed E-state index contributed by atoms with van der Waals surface area (Å²) in [6.45, 7) is 11.6. The molecule has 2 fully saturated rings. The van der Waals surface area contributed by atoms with E-state index >= 15 is 0 Å². The Hall–Kier alpha value is -1.09. The van der Waals surface area contributed by atoms with Crippen LogP contribution in [0.15, 0.2) is 23.8 Å². The van der Waals surface area contributed by atoms with Crippen molar-refractivity contribution in [2.45, 2.75) is 66.1 Å². The number of carbonyl (C=O) groups is 1. The number of carbonyl (C=O) groups excluding carboxylic acids is 1. The van der Waals surface area contributed by atoms with Crippen molar-refractivity contribution < 1.29 is 14.3 Å². The van der Waals surface area contributed by atoms with E-state index in [9.17, 15) is 4.79 Å². The standard InChI is InChI=1S/C22H34O3/c1-14(2)15(3)7-8-16(4)17-9-10-18-19-13-20(23)25-22(19,24-6)12-11-21(17,18)5/h7-8,13-18H,9-12H2,1-6H3/b8-7+/t15-,16+,17+,18+,21+,22-/m0/s1. The molecule has 3 aliphatic rings. The van der Waals surface area contributed by atoms with Crippen LogP contribution in [-0.2, 0) is 14.3 Å². The first-order chi connectivity index (χ1) is 11.7. The lowest BCUT2D eigenvalue weighted by Gasteiger charge is -2.48. The number of methoxy groups -OCH3 is 1. The minimum absolute atomic E-state index is 0.229. The van der Waals surface area contributed by atoms with Gasteiger partial charge in [-0.2, -0.15) is 0 Å². The molecule has 1 aliphatic heterocycles. The van der Waals surface area contributed by atoms with Crippen LogP contribution in [0.25, 0.3) is 0 Å². The Morgan fingerprint density at radius 2 is 1.92 bits per heavy atom. The average molecular weight is 347 g/mol. The number of esters is 1. The number of ether oxygens (including phenoxy) is 2. The van der Waals surface area contributed by atoms with Gasteiger partial charge in [-0.3, -0.25) is 0 Å². The predicted octanol–water partition coefficient (Wildman–Crippen LogP) is 5.12. The van der Waals surface area contributed by atoms with Crippen molar-refractivity contribution in [3.63, 3.8) is 0 Å². The second kappa shape index (κ2) is 6.57. The lowest BCUT2D eigenvalue weighted by Crippen LogP contribution is -2.47. The van der Waals surface area contributed by atoms with E-state index in [0.717, 1.165) is 24.8 Å². The highest BCUT2D eigenvalue weighted by molar-refractivity contribution is 5.86. The molecule has 0 aromatic rings. The van der Waals surface area contributed by atoms with E-state index in [1.54, 1.807) is 13.2 Å². The molecular formula is C22H34O3. The molecule has 6 atom stereocenters. The maximum absolute atomic E-state index is 11.9. The van der Waals surface area contributed by atoms with Crippen LogP contribution >= 0.6 is 0 Å². The molecule has 25 heavy (non-hydrogen) atoms. The fraction of sp³-hybridized carbons (Fsp3) is 0.773. The average Bonchev–Trinajstić information content (AvgIpc) is 3.08. The Kier molecular flexibility index (Phi) is 4.91. The van der Waals surface area contributed by atoms with Gasteiger partial charge in [-0.15, -0.1) is 0 Å². The number of rotatable bonds is 5. The third-order valence-electron chi connectivity index (χ3n) is 7.49. The van der Waals surface area contributed by atoms with Crippen molar-refractivity contribution in [2.75, 3.05) is 7.11 Å². The number of allylic oxidation sites excluding steroid dienone is 2. The van der Waals surface area contributed by atoms with Gasteiger partial charge < -0.3 is 9.47 Å². The van der Waals surface area contributed by atoms with E-state index in [-0.39, 0.29) is 11.4 Å². The molecule has 0 radical (unpaired) electrons. The number of fused-ring (bicyclic) bond motifs is 3. The molecule has 0 amide bonds. The van der Waals surface area contributed by atoms with E-state index in [0.29, 0.717) is 29.6 Å². The van der Waals surface area contributed by atoms with Crippen molar-refractivity contribution in [1.82, 2.24) is 0 Å². The van der Waals surface area contributed by atoms with Crippen LogP contribution in [0, 0.1) is 35.0 Å². The summed E-state index contributed by atoms with van der Waals surface area (Å²) < 4.78 is 11.3. The zero-order valence-electron chi connectivity index (χ0n) is 16.7. The lowest BCUT2D eigenvalue weighted by atomic mass is 9.60. The molecule has 0 aromatic heterocycles. The summed E-state index contributed by atoms with van der Waals surface area (Å²) in [4.78, 5) is 11.9. The van der Waals surface area contributed by atoms with E-state index in [1.807, 2.05) is 0 Å². The van der Waals surface area contributed by atoms with E-state index in [2.05, 4.69) is 46.8 Å². The zero-order valence-corrected chi connectivity index (χ0v) is 16.7. The summed E-state index contributed by atoms with van der Waals surface area (Å²) in [7, 11) is 1.67.